The molecule has 2 nitrogen and oxygen atoms in total. The molecule has 1 fully saturated rings. The number of para-hydroxylation sites is 1. The van der Waals surface area contributed by atoms with Crippen LogP contribution in [0.3, 0.4) is 0 Å². The van der Waals surface area contributed by atoms with Crippen molar-refractivity contribution in [1.82, 2.24) is 4.90 Å². The predicted molar refractivity (Wildman–Crippen MR) is 74.6 cm³/mol. The van der Waals surface area contributed by atoms with Crippen molar-refractivity contribution in [3.63, 3.8) is 0 Å². The monoisotopic (exact) mass is 232 g/mol. The lowest BCUT2D eigenvalue weighted by Gasteiger charge is -2.36. The molecule has 1 aromatic rings. The largest absolute Gasteiger partial charge is 0.369 e. The second-order valence-electron chi connectivity index (χ2n) is 4.87. The first-order valence-electron chi connectivity index (χ1n) is 6.92. The third-order valence-corrected chi connectivity index (χ3v) is 3.57. The molecule has 1 heterocycles. The third-order valence-electron chi connectivity index (χ3n) is 3.57. The molecule has 0 saturated carbocycles. The molecule has 0 aromatic heterocycles. The zero-order valence-corrected chi connectivity index (χ0v) is 10.9. The van der Waals surface area contributed by atoms with E-state index < -0.39 is 0 Å². The van der Waals surface area contributed by atoms with Crippen LogP contribution < -0.4 is 4.90 Å². The Balaban J connectivity index is 1.74. The summed E-state index contributed by atoms with van der Waals surface area (Å²) in [5, 5.41) is 0. The number of piperazine rings is 1. The Kier molecular flexibility index (Phi) is 4.87. The van der Waals surface area contributed by atoms with E-state index in [1.54, 1.807) is 0 Å². The molecule has 1 aliphatic heterocycles. The summed E-state index contributed by atoms with van der Waals surface area (Å²) in [4.78, 5) is 5.10. The Bertz CT molecular complexity index is 302. The number of benzene rings is 1. The van der Waals surface area contributed by atoms with Gasteiger partial charge in [-0.05, 0) is 25.1 Å². The lowest BCUT2D eigenvalue weighted by molar-refractivity contribution is 0.252. The minimum absolute atomic E-state index is 1.18. The normalized spacial score (nSPS) is 17.4. The van der Waals surface area contributed by atoms with E-state index in [0.29, 0.717) is 0 Å². The fourth-order valence-corrected chi connectivity index (χ4v) is 2.45. The summed E-state index contributed by atoms with van der Waals surface area (Å²) in [5.74, 6) is 0. The van der Waals surface area contributed by atoms with Crippen LogP contribution in [-0.2, 0) is 0 Å². The van der Waals surface area contributed by atoms with Gasteiger partial charge in [-0.25, -0.2) is 0 Å². The number of anilines is 1. The number of hydrogen-bond donors (Lipinski definition) is 0. The molecule has 0 spiro atoms. The molecule has 2 heteroatoms. The van der Waals surface area contributed by atoms with Crippen LogP contribution in [0.5, 0.6) is 0 Å². The van der Waals surface area contributed by atoms with E-state index in [9.17, 15) is 0 Å². The molecule has 0 aliphatic carbocycles. The van der Waals surface area contributed by atoms with E-state index in [1.165, 1.54) is 57.7 Å². The van der Waals surface area contributed by atoms with Crippen molar-refractivity contribution in [2.45, 2.75) is 26.2 Å². The van der Waals surface area contributed by atoms with Crippen LogP contribution in [0.2, 0.25) is 0 Å². The minimum Gasteiger partial charge on any atom is -0.369 e. The summed E-state index contributed by atoms with van der Waals surface area (Å²) >= 11 is 0. The molecule has 0 radical (unpaired) electrons. The third kappa shape index (κ3) is 3.74. The highest BCUT2D eigenvalue weighted by atomic mass is 15.3. The van der Waals surface area contributed by atoms with E-state index in [4.69, 9.17) is 0 Å². The summed E-state index contributed by atoms with van der Waals surface area (Å²) < 4.78 is 0. The Morgan fingerprint density at radius 2 is 1.65 bits per heavy atom. The van der Waals surface area contributed by atoms with Gasteiger partial charge in [-0.15, -0.1) is 0 Å². The van der Waals surface area contributed by atoms with Crippen molar-refractivity contribution in [2.75, 3.05) is 37.6 Å². The topological polar surface area (TPSA) is 6.48 Å². The molecule has 0 unspecified atom stereocenters. The number of hydrogen-bond acceptors (Lipinski definition) is 2. The predicted octanol–water partition coefficient (Wildman–Crippen LogP) is 3.00. The van der Waals surface area contributed by atoms with Crippen molar-refractivity contribution >= 4 is 5.69 Å². The van der Waals surface area contributed by atoms with Crippen molar-refractivity contribution < 1.29 is 0 Å². The quantitative estimate of drug-likeness (QED) is 0.720. The summed E-state index contributed by atoms with van der Waals surface area (Å²) in [6.45, 7) is 8.35. The molecule has 17 heavy (non-hydrogen) atoms. The standard InChI is InChI=1S/C15H24N2/c1-2-3-7-10-16-11-13-17(14-12-16)15-8-5-4-6-9-15/h4-6,8-9H,2-3,7,10-14H2,1H3. The van der Waals surface area contributed by atoms with E-state index in [0.717, 1.165) is 0 Å². The summed E-state index contributed by atoms with van der Waals surface area (Å²) in [6.07, 6.45) is 4.06. The van der Waals surface area contributed by atoms with Gasteiger partial charge in [-0.1, -0.05) is 38.0 Å². The maximum atomic E-state index is 2.61. The van der Waals surface area contributed by atoms with Crippen LogP contribution in [0.15, 0.2) is 30.3 Å². The molecule has 1 aromatic carbocycles. The first-order valence-corrected chi connectivity index (χ1v) is 6.92. The van der Waals surface area contributed by atoms with Crippen molar-refractivity contribution in [2.24, 2.45) is 0 Å². The van der Waals surface area contributed by atoms with E-state index in [-0.39, 0.29) is 0 Å². The highest BCUT2D eigenvalue weighted by Crippen LogP contribution is 2.15. The zero-order valence-electron chi connectivity index (χ0n) is 10.9. The van der Waals surface area contributed by atoms with E-state index in [1.807, 2.05) is 0 Å². The molecule has 0 N–H and O–H groups in total. The van der Waals surface area contributed by atoms with Gasteiger partial charge < -0.3 is 4.90 Å². The van der Waals surface area contributed by atoms with Crippen molar-refractivity contribution in [3.8, 4) is 0 Å². The van der Waals surface area contributed by atoms with Gasteiger partial charge in [0.05, 0.1) is 0 Å². The second kappa shape index (κ2) is 6.65. The van der Waals surface area contributed by atoms with Gasteiger partial charge in [-0.2, -0.15) is 0 Å². The second-order valence-corrected chi connectivity index (χ2v) is 4.87. The summed E-state index contributed by atoms with van der Waals surface area (Å²) in [5.41, 5.74) is 1.38. The molecular weight excluding hydrogens is 208 g/mol. The van der Waals surface area contributed by atoms with Gasteiger partial charge >= 0.3 is 0 Å². The number of unbranched alkanes of at least 4 members (excludes halogenated alkanes) is 2. The highest BCUT2D eigenvalue weighted by molar-refractivity contribution is 5.46. The Labute approximate surface area is 105 Å². The van der Waals surface area contributed by atoms with Gasteiger partial charge in [-0.3, -0.25) is 4.90 Å². The van der Waals surface area contributed by atoms with Gasteiger partial charge in [0.2, 0.25) is 0 Å². The lowest BCUT2D eigenvalue weighted by Crippen LogP contribution is -2.46. The molecule has 1 aliphatic rings. The van der Waals surface area contributed by atoms with Crippen molar-refractivity contribution in [1.29, 1.82) is 0 Å². The SMILES string of the molecule is CCCCCN1CCN(c2ccccc2)CC1. The van der Waals surface area contributed by atoms with Crippen molar-refractivity contribution in [3.05, 3.63) is 30.3 Å². The van der Waals surface area contributed by atoms with E-state index >= 15 is 0 Å². The van der Waals surface area contributed by atoms with Gasteiger partial charge in [0.1, 0.15) is 0 Å². The van der Waals surface area contributed by atoms with Crippen LogP contribution >= 0.6 is 0 Å². The van der Waals surface area contributed by atoms with Gasteiger partial charge in [0.25, 0.3) is 0 Å². The van der Waals surface area contributed by atoms with Crippen LogP contribution in [0.1, 0.15) is 26.2 Å². The highest BCUT2D eigenvalue weighted by Gasteiger charge is 2.16. The molecule has 1 saturated heterocycles. The molecule has 0 bridgehead atoms. The number of rotatable bonds is 5. The first kappa shape index (κ1) is 12.4. The van der Waals surface area contributed by atoms with Gasteiger partial charge in [0, 0.05) is 31.9 Å². The number of nitrogens with zero attached hydrogens (tertiary/aromatic N) is 2. The molecule has 0 atom stereocenters. The van der Waals surface area contributed by atoms with Crippen LogP contribution in [0.25, 0.3) is 0 Å². The fraction of sp³-hybridized carbons (Fsp3) is 0.600. The smallest absolute Gasteiger partial charge is 0.0367 e. The Morgan fingerprint density at radius 1 is 0.941 bits per heavy atom. The summed E-state index contributed by atoms with van der Waals surface area (Å²) in [6, 6.07) is 10.8. The molecule has 94 valence electrons. The first-order chi connectivity index (χ1) is 8.40. The maximum absolute atomic E-state index is 2.61. The van der Waals surface area contributed by atoms with E-state index in [2.05, 4.69) is 47.1 Å². The average molecular weight is 232 g/mol. The van der Waals surface area contributed by atoms with Crippen LogP contribution in [0, 0.1) is 0 Å². The Morgan fingerprint density at radius 3 is 2.29 bits per heavy atom. The molecule has 0 amide bonds. The summed E-state index contributed by atoms with van der Waals surface area (Å²) in [7, 11) is 0. The Hall–Kier alpha value is -1.02. The van der Waals surface area contributed by atoms with Crippen LogP contribution in [0.4, 0.5) is 5.69 Å². The minimum atomic E-state index is 1.18. The fourth-order valence-electron chi connectivity index (χ4n) is 2.45. The maximum Gasteiger partial charge on any atom is 0.0367 e. The lowest BCUT2D eigenvalue weighted by atomic mass is 10.2. The van der Waals surface area contributed by atoms with Crippen LogP contribution in [-0.4, -0.2) is 37.6 Å². The zero-order chi connectivity index (χ0) is 11.9. The molecular formula is C15H24N2. The van der Waals surface area contributed by atoms with Gasteiger partial charge in [0.15, 0.2) is 0 Å². The molecule has 2 rings (SSSR count). The average Bonchev–Trinajstić information content (AvgIpc) is 2.41.